The first kappa shape index (κ1) is 14.4. The van der Waals surface area contributed by atoms with Gasteiger partial charge in [-0.05, 0) is 6.07 Å². The zero-order valence-electron chi connectivity index (χ0n) is 9.22. The summed E-state index contributed by atoms with van der Waals surface area (Å²) in [5, 5.41) is 21.3. The summed E-state index contributed by atoms with van der Waals surface area (Å²) in [6.07, 6.45) is 1.31. The number of nitro groups is 2. The molecule has 0 amide bonds. The van der Waals surface area contributed by atoms with Crippen molar-refractivity contribution in [3.63, 3.8) is 0 Å². The molecule has 18 heavy (non-hydrogen) atoms. The van der Waals surface area contributed by atoms with E-state index in [1.54, 1.807) is 6.92 Å². The smallest absolute Gasteiger partial charge is 0.259 e. The molecule has 0 aromatic heterocycles. The lowest BCUT2D eigenvalue weighted by atomic mass is 10.1. The standard InChI is InChI=1S/C10H8Cl2N2O4/c1-2-6(13(15)16)5-7-8(11)3-4-9(10(7)12)14(17)18/h3-5H,2H2,1H3. The summed E-state index contributed by atoms with van der Waals surface area (Å²) < 4.78 is 0. The summed E-state index contributed by atoms with van der Waals surface area (Å²) in [5.74, 6) is 0. The second-order valence-corrected chi connectivity index (χ2v) is 4.08. The van der Waals surface area contributed by atoms with Crippen molar-refractivity contribution in [2.24, 2.45) is 0 Å². The first-order chi connectivity index (χ1) is 8.38. The second kappa shape index (κ2) is 5.79. The molecule has 0 aliphatic rings. The molecule has 0 spiro atoms. The van der Waals surface area contributed by atoms with E-state index >= 15 is 0 Å². The van der Waals surface area contributed by atoms with E-state index in [4.69, 9.17) is 23.2 Å². The molecule has 0 aliphatic heterocycles. The minimum atomic E-state index is -0.673. The van der Waals surface area contributed by atoms with Crippen LogP contribution in [0.15, 0.2) is 17.8 Å². The lowest BCUT2D eigenvalue weighted by molar-refractivity contribution is -0.425. The van der Waals surface area contributed by atoms with Gasteiger partial charge in [0.25, 0.3) is 5.69 Å². The summed E-state index contributed by atoms with van der Waals surface area (Å²) in [7, 11) is 0. The van der Waals surface area contributed by atoms with Gasteiger partial charge in [-0.3, -0.25) is 20.2 Å². The van der Waals surface area contributed by atoms with E-state index in [2.05, 4.69) is 0 Å². The minimum absolute atomic E-state index is 0.0843. The van der Waals surface area contributed by atoms with Crippen molar-refractivity contribution in [1.82, 2.24) is 0 Å². The van der Waals surface area contributed by atoms with Crippen molar-refractivity contribution >= 4 is 35.0 Å². The first-order valence-electron chi connectivity index (χ1n) is 4.85. The van der Waals surface area contributed by atoms with Crippen LogP contribution in [0.3, 0.4) is 0 Å². The summed E-state index contributed by atoms with van der Waals surface area (Å²) in [5.41, 5.74) is -0.383. The quantitative estimate of drug-likeness (QED) is 0.621. The number of hydrogen-bond donors (Lipinski definition) is 0. The van der Waals surface area contributed by atoms with Gasteiger partial charge in [-0.2, -0.15) is 0 Å². The van der Waals surface area contributed by atoms with Crippen molar-refractivity contribution in [3.8, 4) is 0 Å². The van der Waals surface area contributed by atoms with Gasteiger partial charge in [-0.25, -0.2) is 0 Å². The Kier molecular flexibility index (Phi) is 4.63. The van der Waals surface area contributed by atoms with E-state index < -0.39 is 9.85 Å². The van der Waals surface area contributed by atoms with Gasteiger partial charge in [0.2, 0.25) is 5.70 Å². The van der Waals surface area contributed by atoms with Crippen molar-refractivity contribution < 1.29 is 9.85 Å². The lowest BCUT2D eigenvalue weighted by Gasteiger charge is -2.03. The van der Waals surface area contributed by atoms with Crippen LogP contribution in [0.1, 0.15) is 18.9 Å². The first-order valence-corrected chi connectivity index (χ1v) is 5.61. The SMILES string of the molecule is CCC(=Cc1c(Cl)ccc([N+](=O)[O-])c1Cl)[N+](=O)[O-]. The Morgan fingerprint density at radius 1 is 1.33 bits per heavy atom. The highest BCUT2D eigenvalue weighted by molar-refractivity contribution is 6.38. The van der Waals surface area contributed by atoms with Crippen molar-refractivity contribution in [2.45, 2.75) is 13.3 Å². The number of allylic oxidation sites excluding steroid dienone is 1. The van der Waals surface area contributed by atoms with Gasteiger partial charge < -0.3 is 0 Å². The molecule has 0 saturated carbocycles. The normalized spacial score (nSPS) is 11.4. The molecular formula is C10H8Cl2N2O4. The molecule has 0 radical (unpaired) electrons. The fourth-order valence-corrected chi connectivity index (χ4v) is 1.83. The predicted molar refractivity (Wildman–Crippen MR) is 68.4 cm³/mol. The maximum absolute atomic E-state index is 10.7. The molecule has 1 rings (SSSR count). The van der Waals surface area contributed by atoms with E-state index in [1.807, 2.05) is 0 Å². The molecule has 0 fully saturated rings. The Bertz CT molecular complexity index is 543. The van der Waals surface area contributed by atoms with Gasteiger partial charge in [0.05, 0.1) is 14.9 Å². The van der Waals surface area contributed by atoms with Crippen LogP contribution in [-0.4, -0.2) is 9.85 Å². The highest BCUT2D eigenvalue weighted by Gasteiger charge is 2.19. The van der Waals surface area contributed by atoms with Crippen LogP contribution in [0.4, 0.5) is 5.69 Å². The summed E-state index contributed by atoms with van der Waals surface area (Å²) in [6, 6.07) is 2.43. The maximum Gasteiger partial charge on any atom is 0.288 e. The number of halogens is 2. The van der Waals surface area contributed by atoms with Gasteiger partial charge in [0, 0.05) is 24.1 Å². The number of hydrogen-bond acceptors (Lipinski definition) is 4. The highest BCUT2D eigenvalue weighted by Crippen LogP contribution is 2.34. The van der Waals surface area contributed by atoms with Gasteiger partial charge in [-0.1, -0.05) is 30.1 Å². The van der Waals surface area contributed by atoms with Crippen LogP contribution in [-0.2, 0) is 0 Å². The third-order valence-corrected chi connectivity index (χ3v) is 2.94. The van der Waals surface area contributed by atoms with E-state index in [0.717, 1.165) is 12.1 Å². The molecule has 0 atom stereocenters. The number of benzene rings is 1. The van der Waals surface area contributed by atoms with E-state index in [1.165, 1.54) is 6.07 Å². The van der Waals surface area contributed by atoms with Gasteiger partial charge >= 0.3 is 0 Å². The molecule has 0 bridgehead atoms. The van der Waals surface area contributed by atoms with Gasteiger partial charge in [0.15, 0.2) is 0 Å². The van der Waals surface area contributed by atoms with Crippen molar-refractivity contribution in [1.29, 1.82) is 0 Å². The molecule has 0 aliphatic carbocycles. The molecule has 0 N–H and O–H groups in total. The average Bonchev–Trinajstić information content (AvgIpc) is 2.28. The van der Waals surface area contributed by atoms with Crippen LogP contribution in [0.2, 0.25) is 10.0 Å². The summed E-state index contributed by atoms with van der Waals surface area (Å²) >= 11 is 11.7. The van der Waals surface area contributed by atoms with E-state index in [-0.39, 0.29) is 33.4 Å². The number of nitro benzene ring substituents is 1. The Morgan fingerprint density at radius 3 is 2.39 bits per heavy atom. The Labute approximate surface area is 112 Å². The predicted octanol–water partition coefficient (Wildman–Crippen LogP) is 3.93. The van der Waals surface area contributed by atoms with Crippen molar-refractivity contribution in [3.05, 3.63) is 53.7 Å². The van der Waals surface area contributed by atoms with E-state index in [0.29, 0.717) is 0 Å². The largest absolute Gasteiger partial charge is 0.288 e. The topological polar surface area (TPSA) is 86.3 Å². The Morgan fingerprint density at radius 2 is 1.94 bits per heavy atom. The highest BCUT2D eigenvalue weighted by atomic mass is 35.5. The third kappa shape index (κ3) is 2.96. The van der Waals surface area contributed by atoms with Gasteiger partial charge in [-0.15, -0.1) is 0 Å². The van der Waals surface area contributed by atoms with Crippen LogP contribution >= 0.6 is 23.2 Å². The molecule has 96 valence electrons. The number of nitrogens with zero attached hydrogens (tertiary/aromatic N) is 2. The molecule has 1 aromatic carbocycles. The summed E-state index contributed by atoms with van der Waals surface area (Å²) in [4.78, 5) is 20.1. The second-order valence-electron chi connectivity index (χ2n) is 3.30. The van der Waals surface area contributed by atoms with Crippen LogP contribution in [0.25, 0.3) is 6.08 Å². The molecule has 6 nitrogen and oxygen atoms in total. The zero-order valence-corrected chi connectivity index (χ0v) is 10.7. The summed E-state index contributed by atoms with van der Waals surface area (Å²) in [6.45, 7) is 1.59. The van der Waals surface area contributed by atoms with Crippen LogP contribution in [0, 0.1) is 20.2 Å². The average molecular weight is 291 g/mol. The zero-order chi connectivity index (χ0) is 13.9. The maximum atomic E-state index is 10.7. The van der Waals surface area contributed by atoms with Crippen molar-refractivity contribution in [2.75, 3.05) is 0 Å². The van der Waals surface area contributed by atoms with Crippen LogP contribution < -0.4 is 0 Å². The minimum Gasteiger partial charge on any atom is -0.259 e. The fraction of sp³-hybridized carbons (Fsp3) is 0.200. The molecular weight excluding hydrogens is 283 g/mol. The molecule has 0 saturated heterocycles. The van der Waals surface area contributed by atoms with Crippen LogP contribution in [0.5, 0.6) is 0 Å². The monoisotopic (exact) mass is 290 g/mol. The fourth-order valence-electron chi connectivity index (χ4n) is 1.28. The van der Waals surface area contributed by atoms with Gasteiger partial charge in [0.1, 0.15) is 5.02 Å². The molecule has 0 heterocycles. The number of rotatable bonds is 4. The molecule has 0 unspecified atom stereocenters. The lowest BCUT2D eigenvalue weighted by Crippen LogP contribution is -1.98. The molecule has 1 aromatic rings. The Hall–Kier alpha value is -1.66. The Balaban J connectivity index is 3.45. The third-order valence-electron chi connectivity index (χ3n) is 2.21. The molecule has 8 heteroatoms. The van der Waals surface area contributed by atoms with E-state index in [9.17, 15) is 20.2 Å².